The fraction of sp³-hybridized carbons (Fsp3) is 0.176. The van der Waals surface area contributed by atoms with Crippen molar-refractivity contribution in [3.63, 3.8) is 0 Å². The van der Waals surface area contributed by atoms with E-state index < -0.39 is 0 Å². The van der Waals surface area contributed by atoms with Crippen molar-refractivity contribution >= 4 is 44.2 Å². The van der Waals surface area contributed by atoms with E-state index in [1.165, 1.54) is 6.33 Å². The van der Waals surface area contributed by atoms with Gasteiger partial charge in [0.15, 0.2) is 22.8 Å². The lowest BCUT2D eigenvalue weighted by Gasteiger charge is -2.10. The molecule has 0 aliphatic carbocycles. The third-order valence-corrected chi connectivity index (χ3v) is 4.86. The highest BCUT2D eigenvalue weighted by Crippen LogP contribution is 2.27. The molecule has 0 radical (unpaired) electrons. The van der Waals surface area contributed by atoms with Crippen LogP contribution < -0.4 is 4.90 Å². The van der Waals surface area contributed by atoms with Gasteiger partial charge in [-0.1, -0.05) is 18.2 Å². The van der Waals surface area contributed by atoms with Crippen molar-refractivity contribution in [2.75, 3.05) is 19.0 Å². The number of thiophene rings is 1. The molecule has 3 aromatic heterocycles. The Hall–Kier alpha value is -2.80. The number of benzene rings is 1. The van der Waals surface area contributed by atoms with Gasteiger partial charge in [0.2, 0.25) is 0 Å². The van der Waals surface area contributed by atoms with E-state index in [4.69, 9.17) is 0 Å². The topological polar surface area (TPSA) is 63.9 Å². The third-order valence-electron chi connectivity index (χ3n) is 3.90. The Morgan fingerprint density at radius 2 is 2.04 bits per heavy atom. The lowest BCUT2D eigenvalue weighted by Crippen LogP contribution is -2.12. The number of carbonyl (C=O) groups excluding carboxylic acids is 1. The van der Waals surface area contributed by atoms with Gasteiger partial charge in [-0.05, 0) is 6.07 Å². The maximum Gasteiger partial charge on any atom is 0.184 e. The number of carbonyl (C=O) groups is 1. The fourth-order valence-corrected chi connectivity index (χ4v) is 3.71. The Labute approximate surface area is 142 Å². The summed E-state index contributed by atoms with van der Waals surface area (Å²) >= 11 is 1.59. The predicted octanol–water partition coefficient (Wildman–Crippen LogP) is 2.99. The highest BCUT2D eigenvalue weighted by atomic mass is 32.1. The van der Waals surface area contributed by atoms with Crippen LogP contribution in [0.25, 0.3) is 21.3 Å². The number of nitrogens with zero attached hydrogens (tertiary/aromatic N) is 5. The second-order valence-electron chi connectivity index (χ2n) is 5.71. The van der Waals surface area contributed by atoms with Gasteiger partial charge in [0.05, 0.1) is 12.9 Å². The standard InChI is InChI=1S/C17H15N5OS/c1-21(2)16-15-17(19-9-18-16)22(10-20-15)7-13(23)12-8-24-14-6-4-3-5-11(12)14/h3-6,8-10H,7H2,1-2H3. The van der Waals surface area contributed by atoms with Crippen molar-refractivity contribution in [1.29, 1.82) is 0 Å². The summed E-state index contributed by atoms with van der Waals surface area (Å²) in [7, 11) is 3.81. The Kier molecular flexibility index (Phi) is 3.50. The van der Waals surface area contributed by atoms with Crippen LogP contribution in [-0.2, 0) is 6.54 Å². The Bertz CT molecular complexity index is 1050. The highest BCUT2D eigenvalue weighted by Gasteiger charge is 2.16. The molecule has 0 bridgehead atoms. The van der Waals surface area contributed by atoms with E-state index in [1.807, 2.05) is 48.6 Å². The van der Waals surface area contributed by atoms with Crippen LogP contribution in [0.15, 0.2) is 42.3 Å². The summed E-state index contributed by atoms with van der Waals surface area (Å²) in [6, 6.07) is 7.95. The van der Waals surface area contributed by atoms with E-state index in [0.29, 0.717) is 11.2 Å². The molecule has 7 heteroatoms. The molecule has 0 aliphatic heterocycles. The molecule has 1 aromatic carbocycles. The molecule has 0 saturated carbocycles. The Balaban J connectivity index is 1.72. The number of ketones is 1. The first kappa shape index (κ1) is 14.8. The van der Waals surface area contributed by atoms with Crippen molar-refractivity contribution in [3.05, 3.63) is 47.9 Å². The summed E-state index contributed by atoms with van der Waals surface area (Å²) in [6.45, 7) is 0.209. The van der Waals surface area contributed by atoms with E-state index in [1.54, 1.807) is 22.2 Å². The molecule has 6 nitrogen and oxygen atoms in total. The average molecular weight is 337 g/mol. The van der Waals surface area contributed by atoms with Gasteiger partial charge in [-0.25, -0.2) is 15.0 Å². The van der Waals surface area contributed by atoms with Gasteiger partial charge >= 0.3 is 0 Å². The second-order valence-corrected chi connectivity index (χ2v) is 6.62. The van der Waals surface area contributed by atoms with Gasteiger partial charge in [0.1, 0.15) is 6.33 Å². The summed E-state index contributed by atoms with van der Waals surface area (Å²) in [5, 5.41) is 2.92. The van der Waals surface area contributed by atoms with Crippen molar-refractivity contribution in [3.8, 4) is 0 Å². The molecule has 3 heterocycles. The van der Waals surface area contributed by atoms with Crippen molar-refractivity contribution in [1.82, 2.24) is 19.5 Å². The molecule has 0 N–H and O–H groups in total. The lowest BCUT2D eigenvalue weighted by molar-refractivity contribution is 0.0975. The average Bonchev–Trinajstić information content (AvgIpc) is 3.19. The van der Waals surface area contributed by atoms with Crippen LogP contribution in [0, 0.1) is 0 Å². The summed E-state index contributed by atoms with van der Waals surface area (Å²) < 4.78 is 2.90. The Morgan fingerprint density at radius 3 is 2.88 bits per heavy atom. The number of fused-ring (bicyclic) bond motifs is 2. The number of aromatic nitrogens is 4. The molecule has 24 heavy (non-hydrogen) atoms. The van der Waals surface area contributed by atoms with Gasteiger partial charge < -0.3 is 9.47 Å². The quantitative estimate of drug-likeness (QED) is 0.536. The summed E-state index contributed by atoms with van der Waals surface area (Å²) in [6.07, 6.45) is 3.15. The molecule has 0 atom stereocenters. The van der Waals surface area contributed by atoms with Crippen LogP contribution in [0.4, 0.5) is 5.82 Å². The number of anilines is 1. The molecule has 0 spiro atoms. The number of Topliss-reactive ketones (excluding diaryl/α,β-unsaturated/α-hetero) is 1. The van der Waals surface area contributed by atoms with Gasteiger partial charge in [0, 0.05) is 35.1 Å². The van der Waals surface area contributed by atoms with Gasteiger partial charge in [-0.15, -0.1) is 11.3 Å². The first-order chi connectivity index (χ1) is 11.6. The zero-order chi connectivity index (χ0) is 16.7. The number of hydrogen-bond acceptors (Lipinski definition) is 6. The Morgan fingerprint density at radius 1 is 1.21 bits per heavy atom. The van der Waals surface area contributed by atoms with E-state index in [0.717, 1.165) is 21.5 Å². The molecule has 0 fully saturated rings. The van der Waals surface area contributed by atoms with Crippen LogP contribution in [-0.4, -0.2) is 39.4 Å². The van der Waals surface area contributed by atoms with Gasteiger partial charge in [0.25, 0.3) is 0 Å². The summed E-state index contributed by atoms with van der Waals surface area (Å²) in [4.78, 5) is 27.6. The minimum atomic E-state index is 0.0526. The number of rotatable bonds is 4. The fourth-order valence-electron chi connectivity index (χ4n) is 2.74. The van der Waals surface area contributed by atoms with Crippen LogP contribution >= 0.6 is 11.3 Å². The number of imidazole rings is 1. The number of hydrogen-bond donors (Lipinski definition) is 0. The van der Waals surface area contributed by atoms with Gasteiger partial charge in [-0.2, -0.15) is 0 Å². The summed E-state index contributed by atoms with van der Waals surface area (Å²) in [5.74, 6) is 0.795. The molecular weight excluding hydrogens is 322 g/mol. The van der Waals surface area contributed by atoms with Crippen LogP contribution in [0.5, 0.6) is 0 Å². The van der Waals surface area contributed by atoms with Crippen molar-refractivity contribution < 1.29 is 4.79 Å². The van der Waals surface area contributed by atoms with Crippen LogP contribution in [0.1, 0.15) is 10.4 Å². The van der Waals surface area contributed by atoms with Crippen LogP contribution in [0.3, 0.4) is 0 Å². The van der Waals surface area contributed by atoms with Crippen molar-refractivity contribution in [2.24, 2.45) is 0 Å². The minimum Gasteiger partial charge on any atom is -0.361 e. The first-order valence-corrected chi connectivity index (χ1v) is 8.35. The molecule has 4 rings (SSSR count). The zero-order valence-electron chi connectivity index (χ0n) is 13.3. The third kappa shape index (κ3) is 2.33. The molecule has 0 saturated heterocycles. The molecule has 0 amide bonds. The predicted molar refractivity (Wildman–Crippen MR) is 95.8 cm³/mol. The normalized spacial score (nSPS) is 11.2. The molecule has 0 aliphatic rings. The highest BCUT2D eigenvalue weighted by molar-refractivity contribution is 7.17. The van der Waals surface area contributed by atoms with E-state index in [-0.39, 0.29) is 12.3 Å². The van der Waals surface area contributed by atoms with E-state index in [2.05, 4.69) is 15.0 Å². The van der Waals surface area contributed by atoms with Crippen LogP contribution in [0.2, 0.25) is 0 Å². The maximum absolute atomic E-state index is 12.8. The van der Waals surface area contributed by atoms with Gasteiger partial charge in [-0.3, -0.25) is 4.79 Å². The zero-order valence-corrected chi connectivity index (χ0v) is 14.1. The SMILES string of the molecule is CN(C)c1ncnc2c1ncn2CC(=O)c1csc2ccccc12. The van der Waals surface area contributed by atoms with E-state index in [9.17, 15) is 4.79 Å². The van der Waals surface area contributed by atoms with E-state index >= 15 is 0 Å². The maximum atomic E-state index is 12.8. The molecule has 4 aromatic rings. The monoisotopic (exact) mass is 337 g/mol. The van der Waals surface area contributed by atoms with Crippen molar-refractivity contribution in [2.45, 2.75) is 6.54 Å². The first-order valence-electron chi connectivity index (χ1n) is 7.48. The lowest BCUT2D eigenvalue weighted by atomic mass is 10.1. The smallest absolute Gasteiger partial charge is 0.184 e. The molecule has 120 valence electrons. The largest absolute Gasteiger partial charge is 0.361 e. The minimum absolute atomic E-state index is 0.0526. The second kappa shape index (κ2) is 5.68. The molecular formula is C17H15N5OS. The molecule has 0 unspecified atom stereocenters. The summed E-state index contributed by atoms with van der Waals surface area (Å²) in [5.41, 5.74) is 2.12.